The van der Waals surface area contributed by atoms with Crippen LogP contribution in [0.5, 0.6) is 0 Å². The molecule has 0 fully saturated rings. The van der Waals surface area contributed by atoms with Crippen molar-refractivity contribution in [3.8, 4) is 0 Å². The molecule has 0 radical (unpaired) electrons. The van der Waals surface area contributed by atoms with Crippen molar-refractivity contribution in [2.75, 3.05) is 12.4 Å². The van der Waals surface area contributed by atoms with Crippen LogP contribution in [0.3, 0.4) is 0 Å². The topological polar surface area (TPSA) is 24.9 Å². The molecule has 1 N–H and O–H groups in total. The molecule has 0 spiro atoms. The minimum absolute atomic E-state index is 0.417. The van der Waals surface area contributed by atoms with Crippen molar-refractivity contribution in [1.82, 2.24) is 4.98 Å². The fourth-order valence-corrected chi connectivity index (χ4v) is 1.03. The number of aromatic nitrogens is 1. The third-order valence-corrected chi connectivity index (χ3v) is 1.84. The van der Waals surface area contributed by atoms with E-state index in [2.05, 4.69) is 10.3 Å². The van der Waals surface area contributed by atoms with Gasteiger partial charge in [0.25, 0.3) is 0 Å². The van der Waals surface area contributed by atoms with Crippen molar-refractivity contribution in [3.63, 3.8) is 0 Å². The lowest BCUT2D eigenvalue weighted by atomic mass is 10.4. The van der Waals surface area contributed by atoms with Crippen LogP contribution in [0.15, 0.2) is 12.3 Å². The predicted octanol–water partition coefficient (Wildman–Crippen LogP) is 1.87. The zero-order valence-electron chi connectivity index (χ0n) is 5.36. The van der Waals surface area contributed by atoms with E-state index in [0.717, 1.165) is 5.69 Å². The third kappa shape index (κ3) is 1.56. The van der Waals surface area contributed by atoms with Crippen LogP contribution in [0.4, 0.5) is 10.1 Å². The highest BCUT2D eigenvalue weighted by atomic mass is 127. The van der Waals surface area contributed by atoms with Gasteiger partial charge in [0.2, 0.25) is 5.95 Å². The number of hydrogen-bond donors (Lipinski definition) is 1. The van der Waals surface area contributed by atoms with Crippen LogP contribution in [-0.2, 0) is 0 Å². The Kier molecular flexibility index (Phi) is 2.42. The lowest BCUT2D eigenvalue weighted by Crippen LogP contribution is -1.93. The standard InChI is InChI=1S/C6H6FIN2/c1-9-4-2-5(8)6(7)10-3-4/h2-3,9H,1H3. The molecular weight excluding hydrogens is 246 g/mol. The summed E-state index contributed by atoms with van der Waals surface area (Å²) in [5.74, 6) is -0.417. The van der Waals surface area contributed by atoms with Crippen LogP contribution in [0.2, 0.25) is 0 Å². The summed E-state index contributed by atoms with van der Waals surface area (Å²) in [6, 6.07) is 1.70. The quantitative estimate of drug-likeness (QED) is 0.609. The van der Waals surface area contributed by atoms with Gasteiger partial charge in [-0.25, -0.2) is 4.98 Å². The molecule has 1 heterocycles. The van der Waals surface area contributed by atoms with E-state index in [4.69, 9.17) is 0 Å². The summed E-state index contributed by atoms with van der Waals surface area (Å²) in [7, 11) is 1.77. The van der Waals surface area contributed by atoms with Crippen molar-refractivity contribution in [2.45, 2.75) is 0 Å². The van der Waals surface area contributed by atoms with E-state index in [1.54, 1.807) is 13.1 Å². The van der Waals surface area contributed by atoms with Gasteiger partial charge in [-0.15, -0.1) is 0 Å². The van der Waals surface area contributed by atoms with Gasteiger partial charge in [0.1, 0.15) is 0 Å². The SMILES string of the molecule is CNc1cnc(F)c(I)c1. The molecule has 0 aromatic carbocycles. The van der Waals surface area contributed by atoms with E-state index < -0.39 is 5.95 Å². The van der Waals surface area contributed by atoms with Crippen LogP contribution in [0.1, 0.15) is 0 Å². The number of halogens is 2. The molecule has 0 atom stereocenters. The van der Waals surface area contributed by atoms with Crippen molar-refractivity contribution in [1.29, 1.82) is 0 Å². The van der Waals surface area contributed by atoms with Crippen LogP contribution in [0.25, 0.3) is 0 Å². The Morgan fingerprint density at radius 2 is 2.40 bits per heavy atom. The van der Waals surface area contributed by atoms with E-state index in [1.807, 2.05) is 22.6 Å². The lowest BCUT2D eigenvalue weighted by Gasteiger charge is -1.98. The number of pyridine rings is 1. The van der Waals surface area contributed by atoms with Gasteiger partial charge in [0.05, 0.1) is 15.5 Å². The Balaban J connectivity index is 3.04. The van der Waals surface area contributed by atoms with Gasteiger partial charge < -0.3 is 5.32 Å². The molecule has 0 saturated carbocycles. The summed E-state index contributed by atoms with van der Waals surface area (Å²) in [6.45, 7) is 0. The summed E-state index contributed by atoms with van der Waals surface area (Å²) >= 11 is 1.90. The van der Waals surface area contributed by atoms with Gasteiger partial charge in [-0.05, 0) is 28.7 Å². The maximum absolute atomic E-state index is 12.5. The molecule has 0 aliphatic heterocycles. The monoisotopic (exact) mass is 252 g/mol. The van der Waals surface area contributed by atoms with Gasteiger partial charge >= 0.3 is 0 Å². The van der Waals surface area contributed by atoms with Crippen LogP contribution in [0, 0.1) is 9.52 Å². The summed E-state index contributed by atoms with van der Waals surface area (Å²) in [5.41, 5.74) is 0.825. The second kappa shape index (κ2) is 3.14. The van der Waals surface area contributed by atoms with Gasteiger partial charge in [0.15, 0.2) is 0 Å². The molecule has 0 aliphatic carbocycles. The largest absolute Gasteiger partial charge is 0.387 e. The van der Waals surface area contributed by atoms with Crippen LogP contribution < -0.4 is 5.32 Å². The zero-order chi connectivity index (χ0) is 7.56. The van der Waals surface area contributed by atoms with Gasteiger partial charge in [-0.1, -0.05) is 0 Å². The van der Waals surface area contributed by atoms with Gasteiger partial charge in [-0.2, -0.15) is 4.39 Å². The van der Waals surface area contributed by atoms with E-state index in [-0.39, 0.29) is 0 Å². The Bertz CT molecular complexity index is 239. The molecule has 2 nitrogen and oxygen atoms in total. The molecule has 1 rings (SSSR count). The Morgan fingerprint density at radius 1 is 1.70 bits per heavy atom. The predicted molar refractivity (Wildman–Crippen MR) is 46.5 cm³/mol. The number of rotatable bonds is 1. The lowest BCUT2D eigenvalue weighted by molar-refractivity contribution is 0.576. The molecule has 0 saturated heterocycles. The summed E-state index contributed by atoms with van der Waals surface area (Å²) < 4.78 is 13.0. The highest BCUT2D eigenvalue weighted by Crippen LogP contribution is 2.12. The number of nitrogens with one attached hydrogen (secondary N) is 1. The normalized spacial score (nSPS) is 9.50. The van der Waals surface area contributed by atoms with Gasteiger partial charge in [0, 0.05) is 7.05 Å². The molecule has 10 heavy (non-hydrogen) atoms. The average molecular weight is 252 g/mol. The number of anilines is 1. The Morgan fingerprint density at radius 3 is 2.90 bits per heavy atom. The van der Waals surface area contributed by atoms with E-state index in [9.17, 15) is 4.39 Å². The minimum atomic E-state index is -0.417. The van der Waals surface area contributed by atoms with Crippen LogP contribution in [-0.4, -0.2) is 12.0 Å². The maximum Gasteiger partial charge on any atom is 0.226 e. The first-order chi connectivity index (χ1) is 4.74. The maximum atomic E-state index is 12.5. The third-order valence-electron chi connectivity index (χ3n) is 1.08. The molecular formula is C6H6FIN2. The number of nitrogens with zero attached hydrogens (tertiary/aromatic N) is 1. The first-order valence-electron chi connectivity index (χ1n) is 2.73. The van der Waals surface area contributed by atoms with Crippen molar-refractivity contribution >= 4 is 28.3 Å². The fourth-order valence-electron chi connectivity index (χ4n) is 0.558. The Labute approximate surface area is 72.0 Å². The molecule has 1 aromatic heterocycles. The van der Waals surface area contributed by atoms with Crippen molar-refractivity contribution < 1.29 is 4.39 Å². The average Bonchev–Trinajstić information content (AvgIpc) is 1.95. The first kappa shape index (κ1) is 7.71. The smallest absolute Gasteiger partial charge is 0.226 e. The van der Waals surface area contributed by atoms with Crippen LogP contribution >= 0.6 is 22.6 Å². The first-order valence-corrected chi connectivity index (χ1v) is 3.80. The van der Waals surface area contributed by atoms with Crippen molar-refractivity contribution in [3.05, 3.63) is 21.8 Å². The van der Waals surface area contributed by atoms with E-state index in [1.165, 1.54) is 6.20 Å². The second-order valence-corrected chi connectivity index (χ2v) is 2.91. The molecule has 54 valence electrons. The number of hydrogen-bond acceptors (Lipinski definition) is 2. The molecule has 0 unspecified atom stereocenters. The molecule has 0 amide bonds. The molecule has 4 heteroatoms. The highest BCUT2D eigenvalue weighted by Gasteiger charge is 1.98. The fraction of sp³-hybridized carbons (Fsp3) is 0.167. The molecule has 0 aliphatic rings. The molecule has 1 aromatic rings. The zero-order valence-corrected chi connectivity index (χ0v) is 7.52. The highest BCUT2D eigenvalue weighted by molar-refractivity contribution is 14.1. The van der Waals surface area contributed by atoms with E-state index in [0.29, 0.717) is 3.57 Å². The summed E-state index contributed by atoms with van der Waals surface area (Å²) in [4.78, 5) is 3.51. The second-order valence-electron chi connectivity index (χ2n) is 1.75. The molecule has 0 bridgehead atoms. The Hall–Kier alpha value is -0.390. The van der Waals surface area contributed by atoms with E-state index >= 15 is 0 Å². The minimum Gasteiger partial charge on any atom is -0.387 e. The van der Waals surface area contributed by atoms with Gasteiger partial charge in [-0.3, -0.25) is 0 Å². The van der Waals surface area contributed by atoms with Crippen molar-refractivity contribution in [2.24, 2.45) is 0 Å². The summed E-state index contributed by atoms with van der Waals surface area (Å²) in [6.07, 6.45) is 1.46. The summed E-state index contributed by atoms with van der Waals surface area (Å²) in [5, 5.41) is 2.86.